The summed E-state index contributed by atoms with van der Waals surface area (Å²) in [6, 6.07) is 17.9. The minimum Gasteiger partial charge on any atom is -0.406 e. The van der Waals surface area contributed by atoms with Gasteiger partial charge in [0.1, 0.15) is 11.4 Å². The number of benzene rings is 2. The van der Waals surface area contributed by atoms with Crippen LogP contribution in [0.4, 0.5) is 13.2 Å². The predicted octanol–water partition coefficient (Wildman–Crippen LogP) is 6.49. The van der Waals surface area contributed by atoms with Crippen LogP contribution in [0.3, 0.4) is 0 Å². The Morgan fingerprint density at radius 3 is 2.20 bits per heavy atom. The van der Waals surface area contributed by atoms with Gasteiger partial charge in [-0.1, -0.05) is 57.2 Å². The van der Waals surface area contributed by atoms with Crippen LogP contribution in [0, 0.1) is 11.3 Å². The van der Waals surface area contributed by atoms with Crippen LogP contribution in [-0.2, 0) is 4.79 Å². The fraction of sp³-hybridized carbons (Fsp3) is 0.353. The normalized spacial score (nSPS) is 18.8. The van der Waals surface area contributed by atoms with E-state index >= 15 is 0 Å². The van der Waals surface area contributed by atoms with Gasteiger partial charge in [0.2, 0.25) is 5.91 Å². The average molecular weight is 619 g/mol. The van der Waals surface area contributed by atoms with Gasteiger partial charge in [-0.15, -0.1) is 13.2 Å². The van der Waals surface area contributed by atoms with E-state index in [0.29, 0.717) is 36.3 Å². The molecule has 0 radical (unpaired) electrons. The lowest BCUT2D eigenvalue weighted by Crippen LogP contribution is -2.53. The van der Waals surface area contributed by atoms with Crippen molar-refractivity contribution in [3.8, 4) is 16.9 Å². The fourth-order valence-electron chi connectivity index (χ4n) is 6.36. The van der Waals surface area contributed by atoms with Crippen molar-refractivity contribution >= 4 is 28.5 Å². The van der Waals surface area contributed by atoms with Crippen molar-refractivity contribution < 1.29 is 32.3 Å². The summed E-state index contributed by atoms with van der Waals surface area (Å²) in [5, 5.41) is 0.943. The number of aromatic amines is 1. The first-order chi connectivity index (χ1) is 21.3. The maximum atomic E-state index is 13.9. The maximum absolute atomic E-state index is 13.9. The van der Waals surface area contributed by atoms with Gasteiger partial charge in [-0.3, -0.25) is 19.4 Å². The molecule has 2 amide bonds. The highest BCUT2D eigenvalue weighted by Gasteiger charge is 2.50. The van der Waals surface area contributed by atoms with E-state index in [-0.39, 0.29) is 47.5 Å². The smallest absolute Gasteiger partial charge is 0.406 e. The van der Waals surface area contributed by atoms with Crippen LogP contribution in [0.15, 0.2) is 72.9 Å². The molecule has 11 heteroatoms. The number of hydrogen-bond donors (Lipinski definition) is 1. The van der Waals surface area contributed by atoms with E-state index in [9.17, 15) is 27.6 Å². The van der Waals surface area contributed by atoms with E-state index in [1.165, 1.54) is 30.5 Å². The number of Topliss-reactive ketones (excluding diaryl/α,β-unsaturated/α-hetero) is 1. The van der Waals surface area contributed by atoms with Gasteiger partial charge in [0.25, 0.3) is 5.91 Å². The van der Waals surface area contributed by atoms with Crippen molar-refractivity contribution in [2.24, 2.45) is 11.3 Å². The van der Waals surface area contributed by atoms with E-state index in [2.05, 4.69) is 14.7 Å². The van der Waals surface area contributed by atoms with Crippen molar-refractivity contribution in [3.63, 3.8) is 0 Å². The number of likely N-dealkylation sites (tertiary alicyclic amines) is 2. The molecule has 2 saturated heterocycles. The number of piperazine rings is 1. The lowest BCUT2D eigenvalue weighted by molar-refractivity contribution is -0.274. The number of carbonyl (C=O) groups is 3. The summed E-state index contributed by atoms with van der Waals surface area (Å²) in [5.41, 5.74) is 2.43. The number of halogens is 3. The van der Waals surface area contributed by atoms with Gasteiger partial charge >= 0.3 is 6.36 Å². The number of nitrogens with zero attached hydrogens (tertiary/aromatic N) is 3. The number of ether oxygens (including phenoxy) is 1. The third-order valence-corrected chi connectivity index (χ3v) is 8.75. The molecule has 0 unspecified atom stereocenters. The second-order valence-electron chi connectivity index (χ2n) is 12.8. The molecule has 45 heavy (non-hydrogen) atoms. The summed E-state index contributed by atoms with van der Waals surface area (Å²) in [4.78, 5) is 51.7. The molecule has 2 fully saturated rings. The molecule has 0 aliphatic carbocycles. The summed E-state index contributed by atoms with van der Waals surface area (Å²) >= 11 is 0. The van der Waals surface area contributed by atoms with Crippen molar-refractivity contribution in [1.29, 1.82) is 0 Å². The molecule has 4 aromatic rings. The summed E-state index contributed by atoms with van der Waals surface area (Å²) in [6.07, 6.45) is -2.51. The Morgan fingerprint density at radius 1 is 0.933 bits per heavy atom. The number of rotatable bonds is 7. The number of para-hydroxylation sites is 1. The van der Waals surface area contributed by atoms with Crippen LogP contribution in [0.5, 0.6) is 5.75 Å². The SMILES string of the molecule is CC(C)(C)[C@H](CC(=O)c1cc2ccccc2[nH]1)C(=O)N1C[C@@H]2C[C@H]1CN2C(=O)c1ccc(-c2ccc(OC(F)(F)F)cc2)cn1. The van der Waals surface area contributed by atoms with Crippen molar-refractivity contribution in [1.82, 2.24) is 19.8 Å². The highest BCUT2D eigenvalue weighted by molar-refractivity contribution is 6.01. The van der Waals surface area contributed by atoms with Gasteiger partial charge in [0.15, 0.2) is 5.78 Å². The van der Waals surface area contributed by atoms with E-state index < -0.39 is 17.7 Å². The number of pyridine rings is 1. The summed E-state index contributed by atoms with van der Waals surface area (Å²) < 4.78 is 41.3. The first kappa shape index (κ1) is 30.4. The lowest BCUT2D eigenvalue weighted by Gasteiger charge is -2.39. The standard InChI is InChI=1S/C34H33F3N4O4/c1-33(2,3)26(16-30(42)29-14-21-6-4-5-7-27(21)39-29)31(43)40-18-24-15-23(40)19-41(24)32(44)28-13-10-22(17-38-28)20-8-11-25(12-9-20)45-34(35,36)37/h4-14,17,23-24,26,39H,15-16,18-19H2,1-3H3/t23-,24-,26+/m0/s1. The van der Waals surface area contributed by atoms with Crippen molar-refractivity contribution in [3.05, 3.63) is 84.3 Å². The first-order valence-corrected chi connectivity index (χ1v) is 14.8. The number of H-pyrrole nitrogens is 1. The zero-order valence-electron chi connectivity index (χ0n) is 25.1. The van der Waals surface area contributed by atoms with Crippen LogP contribution < -0.4 is 4.74 Å². The molecule has 0 saturated carbocycles. The van der Waals surface area contributed by atoms with Crippen molar-refractivity contribution in [2.45, 2.75) is 52.1 Å². The summed E-state index contributed by atoms with van der Waals surface area (Å²) in [5.74, 6) is -1.27. The predicted molar refractivity (Wildman–Crippen MR) is 161 cm³/mol. The number of carbonyl (C=O) groups excluding carboxylic acids is 3. The van der Waals surface area contributed by atoms with Gasteiger partial charge in [-0.2, -0.15) is 0 Å². The Bertz CT molecular complexity index is 1710. The molecule has 0 spiro atoms. The van der Waals surface area contributed by atoms with Crippen LogP contribution in [-0.4, -0.2) is 68.9 Å². The Morgan fingerprint density at radius 2 is 1.60 bits per heavy atom. The molecular weight excluding hydrogens is 585 g/mol. The van der Waals surface area contributed by atoms with Crippen LogP contribution in [0.2, 0.25) is 0 Å². The Hall–Kier alpha value is -4.67. The molecule has 8 nitrogen and oxygen atoms in total. The number of fused-ring (bicyclic) bond motifs is 3. The molecular formula is C34H33F3N4O4. The number of amides is 2. The van der Waals surface area contributed by atoms with E-state index in [1.807, 2.05) is 56.0 Å². The van der Waals surface area contributed by atoms with Gasteiger partial charge in [0.05, 0.1) is 23.7 Å². The fourth-order valence-corrected chi connectivity index (χ4v) is 6.36. The number of hydrogen-bond acceptors (Lipinski definition) is 5. The molecule has 1 N–H and O–H groups in total. The topological polar surface area (TPSA) is 95.6 Å². The summed E-state index contributed by atoms with van der Waals surface area (Å²) in [7, 11) is 0. The highest BCUT2D eigenvalue weighted by Crippen LogP contribution is 2.38. The molecule has 2 aromatic heterocycles. The number of ketones is 1. The minimum atomic E-state index is -4.77. The zero-order valence-corrected chi connectivity index (χ0v) is 25.1. The Balaban J connectivity index is 1.09. The largest absolute Gasteiger partial charge is 0.573 e. The molecule has 6 rings (SSSR count). The van der Waals surface area contributed by atoms with Gasteiger partial charge in [0, 0.05) is 42.2 Å². The second-order valence-corrected chi connectivity index (χ2v) is 12.8. The van der Waals surface area contributed by atoms with Crippen LogP contribution in [0.25, 0.3) is 22.0 Å². The number of alkyl halides is 3. The third kappa shape index (κ3) is 6.29. The Kier molecular flexibility index (Phi) is 7.66. The molecule has 234 valence electrons. The van der Waals surface area contributed by atoms with E-state index in [4.69, 9.17) is 0 Å². The van der Waals surface area contributed by atoms with Crippen molar-refractivity contribution in [2.75, 3.05) is 13.1 Å². The first-order valence-electron chi connectivity index (χ1n) is 14.8. The Labute approximate surface area is 258 Å². The second kappa shape index (κ2) is 11.4. The van der Waals surface area contributed by atoms with Gasteiger partial charge in [-0.25, -0.2) is 0 Å². The number of aromatic nitrogens is 2. The molecule has 4 heterocycles. The summed E-state index contributed by atoms with van der Waals surface area (Å²) in [6.45, 7) is 6.69. The molecule has 2 aromatic carbocycles. The minimum absolute atomic E-state index is 0.0688. The van der Waals surface area contributed by atoms with Crippen LogP contribution in [0.1, 0.15) is 54.6 Å². The highest BCUT2D eigenvalue weighted by atomic mass is 19.4. The zero-order chi connectivity index (χ0) is 32.1. The molecule has 2 aliphatic rings. The quantitative estimate of drug-likeness (QED) is 0.239. The third-order valence-electron chi connectivity index (χ3n) is 8.75. The average Bonchev–Trinajstić information content (AvgIpc) is 3.73. The molecule has 2 aliphatic heterocycles. The molecule has 3 atom stereocenters. The lowest BCUT2D eigenvalue weighted by atomic mass is 9.76. The number of nitrogens with one attached hydrogen (secondary N) is 1. The van der Waals surface area contributed by atoms with Gasteiger partial charge < -0.3 is 19.5 Å². The van der Waals surface area contributed by atoms with E-state index in [1.54, 1.807) is 17.0 Å². The van der Waals surface area contributed by atoms with Gasteiger partial charge in [-0.05, 0) is 47.7 Å². The van der Waals surface area contributed by atoms with E-state index in [0.717, 1.165) is 10.9 Å². The van der Waals surface area contributed by atoms with Crippen LogP contribution >= 0.6 is 0 Å². The molecule has 2 bridgehead atoms. The monoisotopic (exact) mass is 618 g/mol. The maximum Gasteiger partial charge on any atom is 0.573 e.